The second-order valence-electron chi connectivity index (χ2n) is 6.57. The van der Waals surface area contributed by atoms with Gasteiger partial charge in [-0.2, -0.15) is 0 Å². The molecule has 0 aliphatic heterocycles. The Kier molecular flexibility index (Phi) is 8.68. The number of carbonyl (C=O) groups is 3. The molecule has 8 heteroatoms. The Balaban J connectivity index is 1.74. The maximum atomic E-state index is 12.1. The standard InChI is InChI=1S/C22H26N2O6/c1-15-6-4-7-18(12-15)29-11-5-8-22(27)30-14-21(26)24-19-13-17(23-16(2)25)9-10-20(19)28-3/h4,6-7,9-10,12-13H,5,8,11,14H2,1-3H3,(H,23,25)(H,24,26). The maximum Gasteiger partial charge on any atom is 0.306 e. The number of carbonyl (C=O) groups excluding carboxylic acids is 3. The minimum Gasteiger partial charge on any atom is -0.495 e. The third-order valence-corrected chi connectivity index (χ3v) is 3.94. The van der Waals surface area contributed by atoms with Gasteiger partial charge in [-0.15, -0.1) is 0 Å². The van der Waals surface area contributed by atoms with Crippen molar-refractivity contribution in [2.45, 2.75) is 26.7 Å². The van der Waals surface area contributed by atoms with E-state index < -0.39 is 18.5 Å². The van der Waals surface area contributed by atoms with Crippen LogP contribution >= 0.6 is 0 Å². The molecule has 0 bridgehead atoms. The Morgan fingerprint density at radius 1 is 1.03 bits per heavy atom. The highest BCUT2D eigenvalue weighted by atomic mass is 16.5. The number of anilines is 2. The van der Waals surface area contributed by atoms with Crippen LogP contribution < -0.4 is 20.1 Å². The van der Waals surface area contributed by atoms with E-state index in [1.165, 1.54) is 14.0 Å². The van der Waals surface area contributed by atoms with Crippen molar-refractivity contribution < 1.29 is 28.6 Å². The zero-order valence-corrected chi connectivity index (χ0v) is 17.3. The van der Waals surface area contributed by atoms with E-state index in [-0.39, 0.29) is 12.3 Å². The summed E-state index contributed by atoms with van der Waals surface area (Å²) in [6.07, 6.45) is 0.613. The van der Waals surface area contributed by atoms with Crippen LogP contribution in [0.1, 0.15) is 25.3 Å². The SMILES string of the molecule is COc1ccc(NC(C)=O)cc1NC(=O)COC(=O)CCCOc1cccc(C)c1. The quantitative estimate of drug-likeness (QED) is 0.457. The Morgan fingerprint density at radius 3 is 2.53 bits per heavy atom. The fourth-order valence-electron chi connectivity index (χ4n) is 2.60. The molecule has 2 aromatic rings. The van der Waals surface area contributed by atoms with Crippen LogP contribution in [0.4, 0.5) is 11.4 Å². The number of ether oxygens (including phenoxy) is 3. The number of rotatable bonds is 10. The van der Waals surface area contributed by atoms with Crippen molar-refractivity contribution in [3.05, 3.63) is 48.0 Å². The Bertz CT molecular complexity index is 897. The van der Waals surface area contributed by atoms with Gasteiger partial charge in [0.25, 0.3) is 5.91 Å². The third kappa shape index (κ3) is 7.83. The number of aryl methyl sites for hydroxylation is 1. The van der Waals surface area contributed by atoms with Crippen molar-refractivity contribution in [3.63, 3.8) is 0 Å². The Morgan fingerprint density at radius 2 is 1.83 bits per heavy atom. The molecular formula is C22H26N2O6. The summed E-state index contributed by atoms with van der Waals surface area (Å²) in [7, 11) is 1.46. The molecule has 0 unspecified atom stereocenters. The van der Waals surface area contributed by atoms with Crippen LogP contribution in [-0.2, 0) is 19.1 Å². The zero-order chi connectivity index (χ0) is 21.9. The normalized spacial score (nSPS) is 10.1. The Hall–Kier alpha value is -3.55. The predicted octanol–water partition coefficient (Wildman–Crippen LogP) is 3.30. The van der Waals surface area contributed by atoms with Gasteiger partial charge in [0.2, 0.25) is 5.91 Å². The average molecular weight is 414 g/mol. The van der Waals surface area contributed by atoms with Gasteiger partial charge in [0.15, 0.2) is 6.61 Å². The Labute approximate surface area is 175 Å². The monoisotopic (exact) mass is 414 g/mol. The average Bonchev–Trinajstić information content (AvgIpc) is 2.69. The summed E-state index contributed by atoms with van der Waals surface area (Å²) in [5, 5.41) is 5.23. The number of hydrogen-bond donors (Lipinski definition) is 2. The van der Waals surface area contributed by atoms with Crippen LogP contribution in [0.3, 0.4) is 0 Å². The van der Waals surface area contributed by atoms with Gasteiger partial charge >= 0.3 is 5.97 Å². The number of methoxy groups -OCH3 is 1. The summed E-state index contributed by atoms with van der Waals surface area (Å²) in [6, 6.07) is 12.5. The molecule has 0 saturated heterocycles. The number of hydrogen-bond acceptors (Lipinski definition) is 6. The molecule has 0 heterocycles. The molecule has 160 valence electrons. The summed E-state index contributed by atoms with van der Waals surface area (Å²) >= 11 is 0. The van der Waals surface area contributed by atoms with Gasteiger partial charge in [-0.25, -0.2) is 0 Å². The summed E-state index contributed by atoms with van der Waals surface area (Å²) in [6.45, 7) is 3.30. The van der Waals surface area contributed by atoms with Crippen LogP contribution in [0.5, 0.6) is 11.5 Å². The van der Waals surface area contributed by atoms with Gasteiger partial charge in [0, 0.05) is 19.0 Å². The van der Waals surface area contributed by atoms with Gasteiger partial charge in [0.1, 0.15) is 11.5 Å². The summed E-state index contributed by atoms with van der Waals surface area (Å²) in [4.78, 5) is 35.1. The lowest BCUT2D eigenvalue weighted by molar-refractivity contribution is -0.147. The van der Waals surface area contributed by atoms with Gasteiger partial charge in [-0.1, -0.05) is 12.1 Å². The van der Waals surface area contributed by atoms with Gasteiger partial charge in [0.05, 0.1) is 19.4 Å². The topological polar surface area (TPSA) is 103 Å². The van der Waals surface area contributed by atoms with Crippen molar-refractivity contribution in [3.8, 4) is 11.5 Å². The van der Waals surface area contributed by atoms with Crippen LogP contribution in [0, 0.1) is 6.92 Å². The fraction of sp³-hybridized carbons (Fsp3) is 0.318. The van der Waals surface area contributed by atoms with E-state index in [0.717, 1.165) is 11.3 Å². The predicted molar refractivity (Wildman–Crippen MR) is 113 cm³/mol. The van der Waals surface area contributed by atoms with Crippen molar-refractivity contribution in [1.29, 1.82) is 0 Å². The fourth-order valence-corrected chi connectivity index (χ4v) is 2.60. The minimum atomic E-state index is -0.516. The number of esters is 1. The molecule has 0 spiro atoms. The molecule has 2 rings (SSSR count). The third-order valence-electron chi connectivity index (χ3n) is 3.94. The molecule has 0 aromatic heterocycles. The second-order valence-corrected chi connectivity index (χ2v) is 6.57. The van der Waals surface area contributed by atoms with Crippen molar-refractivity contribution in [2.24, 2.45) is 0 Å². The lowest BCUT2D eigenvalue weighted by Crippen LogP contribution is -2.21. The van der Waals surface area contributed by atoms with Crippen LogP contribution in [0.2, 0.25) is 0 Å². The number of amides is 2. The first-order valence-electron chi connectivity index (χ1n) is 9.48. The number of nitrogens with one attached hydrogen (secondary N) is 2. The molecule has 30 heavy (non-hydrogen) atoms. The van der Waals surface area contributed by atoms with E-state index in [1.54, 1.807) is 18.2 Å². The maximum absolute atomic E-state index is 12.1. The molecule has 2 aromatic carbocycles. The van der Waals surface area contributed by atoms with Crippen molar-refractivity contribution in [1.82, 2.24) is 0 Å². The molecule has 0 radical (unpaired) electrons. The lowest BCUT2D eigenvalue weighted by atomic mass is 10.2. The van der Waals surface area contributed by atoms with E-state index in [1.807, 2.05) is 31.2 Å². The molecular weight excluding hydrogens is 388 g/mol. The highest BCUT2D eigenvalue weighted by molar-refractivity contribution is 5.96. The smallest absolute Gasteiger partial charge is 0.306 e. The molecule has 0 aliphatic carbocycles. The van der Waals surface area contributed by atoms with Crippen LogP contribution in [-0.4, -0.2) is 38.1 Å². The molecule has 2 N–H and O–H groups in total. The first-order valence-corrected chi connectivity index (χ1v) is 9.48. The van der Waals surface area contributed by atoms with E-state index in [9.17, 15) is 14.4 Å². The van der Waals surface area contributed by atoms with E-state index in [2.05, 4.69) is 10.6 Å². The van der Waals surface area contributed by atoms with Crippen molar-refractivity contribution in [2.75, 3.05) is 31.0 Å². The van der Waals surface area contributed by atoms with Gasteiger partial charge < -0.3 is 24.8 Å². The molecule has 2 amide bonds. The molecule has 0 aliphatic rings. The molecule has 0 fully saturated rings. The van der Waals surface area contributed by atoms with E-state index >= 15 is 0 Å². The summed E-state index contributed by atoms with van der Waals surface area (Å²) in [5.41, 5.74) is 1.96. The molecule has 0 saturated carbocycles. The van der Waals surface area contributed by atoms with Crippen LogP contribution in [0.15, 0.2) is 42.5 Å². The summed E-state index contributed by atoms with van der Waals surface area (Å²) < 4.78 is 15.8. The first-order chi connectivity index (χ1) is 14.4. The second kappa shape index (κ2) is 11.5. The van der Waals surface area contributed by atoms with Gasteiger partial charge in [-0.3, -0.25) is 14.4 Å². The van der Waals surface area contributed by atoms with Gasteiger partial charge in [-0.05, 0) is 49.2 Å². The van der Waals surface area contributed by atoms with E-state index in [4.69, 9.17) is 14.2 Å². The highest BCUT2D eigenvalue weighted by Gasteiger charge is 2.12. The van der Waals surface area contributed by atoms with Crippen molar-refractivity contribution >= 4 is 29.2 Å². The molecule has 8 nitrogen and oxygen atoms in total. The van der Waals surface area contributed by atoms with Crippen LogP contribution in [0.25, 0.3) is 0 Å². The number of benzene rings is 2. The largest absolute Gasteiger partial charge is 0.495 e. The minimum absolute atomic E-state index is 0.139. The first kappa shape index (κ1) is 22.7. The highest BCUT2D eigenvalue weighted by Crippen LogP contribution is 2.27. The lowest BCUT2D eigenvalue weighted by Gasteiger charge is -2.12. The summed E-state index contributed by atoms with van der Waals surface area (Å²) in [5.74, 6) is -0.0809. The molecule has 0 atom stereocenters. The zero-order valence-electron chi connectivity index (χ0n) is 17.3. The van der Waals surface area contributed by atoms with E-state index in [0.29, 0.717) is 30.2 Å².